The smallest absolute Gasteiger partial charge is 0.158 e. The van der Waals surface area contributed by atoms with Crippen molar-refractivity contribution < 1.29 is 4.74 Å². The maximum Gasteiger partial charge on any atom is 0.158 e. The normalized spacial score (nSPS) is 16.0. The molecule has 9 nitrogen and oxygen atoms in total. The first-order valence-corrected chi connectivity index (χ1v) is 9.70. The molecule has 1 saturated heterocycles. The third-order valence-electron chi connectivity index (χ3n) is 5.31. The molecule has 30 heavy (non-hydrogen) atoms. The summed E-state index contributed by atoms with van der Waals surface area (Å²) in [5.41, 5.74) is 2.33. The molecule has 0 amide bonds. The number of methoxy groups -OCH3 is 1. The van der Waals surface area contributed by atoms with Crippen molar-refractivity contribution in [2.24, 2.45) is 0 Å². The molecule has 3 heterocycles. The molecule has 1 aromatic carbocycles. The summed E-state index contributed by atoms with van der Waals surface area (Å²) in [4.78, 5) is 17.2. The van der Waals surface area contributed by atoms with Crippen molar-refractivity contribution in [1.29, 1.82) is 5.26 Å². The molecule has 1 N–H and O–H groups in total. The minimum absolute atomic E-state index is 0.269. The van der Waals surface area contributed by atoms with Crippen LogP contribution < -0.4 is 15.0 Å². The molecule has 0 radical (unpaired) electrons. The Kier molecular flexibility index (Phi) is 5.50. The van der Waals surface area contributed by atoms with Crippen molar-refractivity contribution in [3.05, 3.63) is 48.8 Å². The average molecular weight is 404 g/mol. The summed E-state index contributed by atoms with van der Waals surface area (Å²) in [6.07, 6.45) is 7.65. The highest BCUT2D eigenvalue weighted by Crippen LogP contribution is 2.31. The van der Waals surface area contributed by atoms with Gasteiger partial charge in [-0.2, -0.15) is 5.26 Å². The van der Waals surface area contributed by atoms with Gasteiger partial charge in [0.05, 0.1) is 31.4 Å². The highest BCUT2D eigenvalue weighted by atomic mass is 16.5. The van der Waals surface area contributed by atoms with Crippen LogP contribution in [0.1, 0.15) is 12.1 Å². The van der Waals surface area contributed by atoms with Crippen LogP contribution in [-0.4, -0.2) is 64.8 Å². The molecule has 1 unspecified atom stereocenters. The molecule has 3 aromatic rings. The lowest BCUT2D eigenvalue weighted by Crippen LogP contribution is -2.31. The van der Waals surface area contributed by atoms with E-state index in [-0.39, 0.29) is 5.69 Å². The summed E-state index contributed by atoms with van der Waals surface area (Å²) in [6, 6.07) is 8.76. The number of nitriles is 1. The maximum absolute atomic E-state index is 8.82. The highest BCUT2D eigenvalue weighted by Gasteiger charge is 2.24. The first-order chi connectivity index (χ1) is 14.6. The summed E-state index contributed by atoms with van der Waals surface area (Å²) >= 11 is 0. The molecule has 0 spiro atoms. The fourth-order valence-corrected chi connectivity index (χ4v) is 3.57. The van der Waals surface area contributed by atoms with E-state index in [9.17, 15) is 0 Å². The molecule has 0 bridgehead atoms. The van der Waals surface area contributed by atoms with Gasteiger partial charge in [0.2, 0.25) is 0 Å². The standard InChI is InChI=1S/C21H24N8O/c1-27(2)17-6-7-28(12-17)16-4-5-18(19(8-16)30-3)29-13-21(25-14-29)26-20-11-23-15(9-22)10-24-20/h4-5,8,10-11,13-14,17H,6-7,12H2,1-3H3,(H,24,26). The van der Waals surface area contributed by atoms with Gasteiger partial charge in [0, 0.05) is 30.9 Å². The number of anilines is 3. The van der Waals surface area contributed by atoms with Gasteiger partial charge in [-0.1, -0.05) is 0 Å². The van der Waals surface area contributed by atoms with E-state index in [1.165, 1.54) is 12.4 Å². The number of nitrogens with one attached hydrogen (secondary N) is 1. The number of ether oxygens (including phenoxy) is 1. The molecule has 2 aromatic heterocycles. The number of nitrogens with zero attached hydrogens (tertiary/aromatic N) is 7. The van der Waals surface area contributed by atoms with Crippen LogP contribution in [0.4, 0.5) is 17.3 Å². The molecule has 1 aliphatic heterocycles. The van der Waals surface area contributed by atoms with E-state index in [4.69, 9.17) is 10.00 Å². The lowest BCUT2D eigenvalue weighted by Gasteiger charge is -2.22. The minimum Gasteiger partial charge on any atom is -0.494 e. The summed E-state index contributed by atoms with van der Waals surface area (Å²) in [5.74, 6) is 1.92. The lowest BCUT2D eigenvalue weighted by atomic mass is 10.2. The molecular weight excluding hydrogens is 380 g/mol. The third kappa shape index (κ3) is 4.04. The van der Waals surface area contributed by atoms with E-state index >= 15 is 0 Å². The van der Waals surface area contributed by atoms with E-state index in [1.54, 1.807) is 13.4 Å². The van der Waals surface area contributed by atoms with Gasteiger partial charge in [-0.05, 0) is 32.6 Å². The van der Waals surface area contributed by atoms with Crippen LogP contribution in [0.5, 0.6) is 5.75 Å². The molecule has 4 rings (SSSR count). The molecule has 154 valence electrons. The first kappa shape index (κ1) is 19.7. The predicted molar refractivity (Wildman–Crippen MR) is 114 cm³/mol. The number of hydrogen-bond acceptors (Lipinski definition) is 8. The van der Waals surface area contributed by atoms with Gasteiger partial charge in [0.25, 0.3) is 0 Å². The predicted octanol–water partition coefficient (Wildman–Crippen LogP) is 2.43. The highest BCUT2D eigenvalue weighted by molar-refractivity contribution is 5.61. The van der Waals surface area contributed by atoms with Crippen LogP contribution in [0.2, 0.25) is 0 Å². The van der Waals surface area contributed by atoms with Crippen LogP contribution in [0.15, 0.2) is 43.1 Å². The van der Waals surface area contributed by atoms with Gasteiger partial charge < -0.3 is 24.4 Å². The number of benzene rings is 1. The van der Waals surface area contributed by atoms with Gasteiger partial charge in [-0.25, -0.2) is 15.0 Å². The number of hydrogen-bond donors (Lipinski definition) is 1. The Labute approximate surface area is 175 Å². The van der Waals surface area contributed by atoms with Crippen molar-refractivity contribution in [1.82, 2.24) is 24.4 Å². The zero-order valence-electron chi connectivity index (χ0n) is 17.3. The van der Waals surface area contributed by atoms with Gasteiger partial charge in [-0.3, -0.25) is 0 Å². The van der Waals surface area contributed by atoms with Crippen LogP contribution in [0, 0.1) is 11.3 Å². The molecular formula is C21H24N8O. The number of rotatable bonds is 6. The quantitative estimate of drug-likeness (QED) is 0.669. The average Bonchev–Trinajstić information content (AvgIpc) is 3.44. The molecule has 1 atom stereocenters. The van der Waals surface area contributed by atoms with Crippen molar-refractivity contribution >= 4 is 17.3 Å². The molecule has 1 fully saturated rings. The Bertz CT molecular complexity index is 1050. The van der Waals surface area contributed by atoms with Crippen LogP contribution >= 0.6 is 0 Å². The van der Waals surface area contributed by atoms with Gasteiger partial charge in [0.1, 0.15) is 29.8 Å². The fraction of sp³-hybridized carbons (Fsp3) is 0.333. The topological polar surface area (TPSA) is 95.1 Å². The third-order valence-corrected chi connectivity index (χ3v) is 5.31. The maximum atomic E-state index is 8.82. The van der Waals surface area contributed by atoms with Crippen molar-refractivity contribution in [2.45, 2.75) is 12.5 Å². The molecule has 1 aliphatic rings. The molecule has 0 aliphatic carbocycles. The summed E-state index contributed by atoms with van der Waals surface area (Å²) in [5, 5.41) is 11.9. The number of likely N-dealkylation sites (N-methyl/N-ethyl adjacent to an activating group) is 1. The Hall–Kier alpha value is -3.64. The van der Waals surface area contributed by atoms with Crippen molar-refractivity contribution in [3.63, 3.8) is 0 Å². The zero-order valence-corrected chi connectivity index (χ0v) is 17.3. The van der Waals surface area contributed by atoms with Crippen molar-refractivity contribution in [3.8, 4) is 17.5 Å². The first-order valence-electron chi connectivity index (χ1n) is 9.70. The van der Waals surface area contributed by atoms with E-state index in [1.807, 2.05) is 22.9 Å². The Morgan fingerprint density at radius 2 is 2.07 bits per heavy atom. The van der Waals surface area contributed by atoms with Crippen LogP contribution in [0.3, 0.4) is 0 Å². The Morgan fingerprint density at radius 1 is 1.20 bits per heavy atom. The second-order valence-corrected chi connectivity index (χ2v) is 7.40. The number of imidazole rings is 1. The Morgan fingerprint density at radius 3 is 2.73 bits per heavy atom. The van der Waals surface area contributed by atoms with E-state index in [2.05, 4.69) is 56.3 Å². The van der Waals surface area contributed by atoms with Crippen LogP contribution in [0.25, 0.3) is 5.69 Å². The van der Waals surface area contributed by atoms with Gasteiger partial charge >= 0.3 is 0 Å². The van der Waals surface area contributed by atoms with E-state index in [0.29, 0.717) is 17.7 Å². The van der Waals surface area contributed by atoms with Crippen molar-refractivity contribution in [2.75, 3.05) is 44.5 Å². The number of aromatic nitrogens is 4. The van der Waals surface area contributed by atoms with E-state index < -0.39 is 0 Å². The lowest BCUT2D eigenvalue weighted by molar-refractivity contribution is 0.315. The van der Waals surface area contributed by atoms with Gasteiger partial charge in [-0.15, -0.1) is 0 Å². The summed E-state index contributed by atoms with van der Waals surface area (Å²) in [7, 11) is 5.94. The molecule has 0 saturated carbocycles. The largest absolute Gasteiger partial charge is 0.494 e. The molecule has 9 heteroatoms. The Balaban J connectivity index is 1.52. The van der Waals surface area contributed by atoms with Crippen LogP contribution in [-0.2, 0) is 0 Å². The SMILES string of the molecule is COc1cc(N2CCC(N(C)C)C2)ccc1-n1cnc(Nc2cnc(C#N)cn2)c1. The summed E-state index contributed by atoms with van der Waals surface area (Å²) in [6.45, 7) is 2.05. The zero-order chi connectivity index (χ0) is 21.1. The fourth-order valence-electron chi connectivity index (χ4n) is 3.57. The van der Waals surface area contributed by atoms with Gasteiger partial charge in [0.15, 0.2) is 5.69 Å². The second kappa shape index (κ2) is 8.39. The summed E-state index contributed by atoms with van der Waals surface area (Å²) < 4.78 is 7.57. The van der Waals surface area contributed by atoms with E-state index in [0.717, 1.165) is 36.6 Å². The minimum atomic E-state index is 0.269. The monoisotopic (exact) mass is 404 g/mol. The second-order valence-electron chi connectivity index (χ2n) is 7.40.